The average molecular weight is 336 g/mol. The molecule has 0 spiro atoms. The highest BCUT2D eigenvalue weighted by molar-refractivity contribution is 6.32. The highest BCUT2D eigenvalue weighted by Crippen LogP contribution is 2.34. The zero-order valence-corrected chi connectivity index (χ0v) is 14.5. The van der Waals surface area contributed by atoms with Crippen molar-refractivity contribution in [1.29, 1.82) is 0 Å². The Bertz CT molecular complexity index is 662. The normalized spacial score (nSPS) is 16.1. The van der Waals surface area contributed by atoms with Gasteiger partial charge in [-0.05, 0) is 26.7 Å². The van der Waals surface area contributed by atoms with E-state index in [2.05, 4.69) is 48.8 Å². The molecular formula is C15H22ClN7. The van der Waals surface area contributed by atoms with Crippen molar-refractivity contribution in [3.63, 3.8) is 0 Å². The van der Waals surface area contributed by atoms with Crippen LogP contribution in [0.3, 0.4) is 0 Å². The minimum atomic E-state index is 0.384. The summed E-state index contributed by atoms with van der Waals surface area (Å²) >= 11 is 6.15. The van der Waals surface area contributed by atoms with Gasteiger partial charge in [0.2, 0.25) is 0 Å². The minimum absolute atomic E-state index is 0.384. The first kappa shape index (κ1) is 16.0. The Hall–Kier alpha value is -1.89. The topological polar surface area (TPSA) is 71.8 Å². The zero-order chi connectivity index (χ0) is 16.4. The van der Waals surface area contributed by atoms with Crippen LogP contribution in [0.2, 0.25) is 5.15 Å². The molecule has 124 valence electrons. The fourth-order valence-electron chi connectivity index (χ4n) is 3.10. The molecule has 0 radical (unpaired) electrons. The first-order valence-electron chi connectivity index (χ1n) is 7.94. The van der Waals surface area contributed by atoms with Crippen molar-refractivity contribution < 1.29 is 0 Å². The smallest absolute Gasteiger partial charge is 0.157 e. The third-order valence-electron chi connectivity index (χ3n) is 4.35. The molecule has 7 nitrogen and oxygen atoms in total. The van der Waals surface area contributed by atoms with Gasteiger partial charge in [-0.15, -0.1) is 10.2 Å². The molecule has 0 atom stereocenters. The van der Waals surface area contributed by atoms with E-state index in [1.165, 1.54) is 6.33 Å². The summed E-state index contributed by atoms with van der Waals surface area (Å²) in [6.07, 6.45) is 5.39. The summed E-state index contributed by atoms with van der Waals surface area (Å²) in [5, 5.41) is 12.0. The molecule has 0 bridgehead atoms. The monoisotopic (exact) mass is 335 g/mol. The number of anilines is 2. The van der Waals surface area contributed by atoms with Crippen LogP contribution in [0.25, 0.3) is 0 Å². The number of nitrogens with one attached hydrogen (secondary N) is 1. The van der Waals surface area contributed by atoms with Crippen molar-refractivity contribution in [2.45, 2.75) is 38.6 Å². The van der Waals surface area contributed by atoms with Crippen LogP contribution in [0, 0.1) is 0 Å². The maximum atomic E-state index is 6.15. The number of piperidine rings is 1. The van der Waals surface area contributed by atoms with E-state index in [1.54, 1.807) is 0 Å². The van der Waals surface area contributed by atoms with Crippen LogP contribution in [0.5, 0.6) is 0 Å². The Labute approximate surface area is 141 Å². The quantitative estimate of drug-likeness (QED) is 0.866. The molecule has 1 aliphatic heterocycles. The van der Waals surface area contributed by atoms with Gasteiger partial charge in [0.25, 0.3) is 0 Å². The van der Waals surface area contributed by atoms with Gasteiger partial charge in [-0.3, -0.25) is 0 Å². The maximum absolute atomic E-state index is 6.15. The van der Waals surface area contributed by atoms with Crippen LogP contribution in [-0.2, 0) is 0 Å². The molecule has 0 unspecified atom stereocenters. The molecular weight excluding hydrogens is 314 g/mol. The van der Waals surface area contributed by atoms with Gasteiger partial charge in [0.1, 0.15) is 24.2 Å². The van der Waals surface area contributed by atoms with Gasteiger partial charge >= 0.3 is 0 Å². The largest absolute Gasteiger partial charge is 0.383 e. The highest BCUT2D eigenvalue weighted by Gasteiger charge is 2.27. The summed E-state index contributed by atoms with van der Waals surface area (Å²) in [5.74, 6) is 2.40. The molecule has 23 heavy (non-hydrogen) atoms. The van der Waals surface area contributed by atoms with Crippen LogP contribution in [0.15, 0.2) is 12.7 Å². The molecule has 0 aliphatic carbocycles. The van der Waals surface area contributed by atoms with Gasteiger partial charge in [-0.25, -0.2) is 9.97 Å². The first-order valence-corrected chi connectivity index (χ1v) is 8.32. The van der Waals surface area contributed by atoms with Gasteiger partial charge < -0.3 is 14.8 Å². The second-order valence-electron chi connectivity index (χ2n) is 6.06. The van der Waals surface area contributed by atoms with Crippen LogP contribution in [-0.4, -0.2) is 44.9 Å². The standard InChI is InChI=1S/C15H22ClN7/c1-10(2)23-9-20-21-14(23)11-4-6-22(7-5-11)15-12(17-3)13(16)18-8-19-15/h8-11,17H,4-7H2,1-3H3. The summed E-state index contributed by atoms with van der Waals surface area (Å²) in [6.45, 7) is 6.14. The lowest BCUT2D eigenvalue weighted by atomic mass is 9.95. The summed E-state index contributed by atoms with van der Waals surface area (Å²) in [5.41, 5.74) is 0.790. The molecule has 1 fully saturated rings. The van der Waals surface area contributed by atoms with Gasteiger partial charge in [0.15, 0.2) is 11.0 Å². The van der Waals surface area contributed by atoms with Crippen molar-refractivity contribution in [3.05, 3.63) is 23.6 Å². The lowest BCUT2D eigenvalue weighted by molar-refractivity contribution is 0.448. The Kier molecular flexibility index (Phi) is 4.66. The second-order valence-corrected chi connectivity index (χ2v) is 6.42. The van der Waals surface area contributed by atoms with E-state index in [9.17, 15) is 0 Å². The third-order valence-corrected chi connectivity index (χ3v) is 4.63. The van der Waals surface area contributed by atoms with E-state index in [1.807, 2.05) is 13.4 Å². The first-order chi connectivity index (χ1) is 11.1. The SMILES string of the molecule is CNc1c(Cl)ncnc1N1CCC(c2nncn2C(C)C)CC1. The van der Waals surface area contributed by atoms with Crippen molar-refractivity contribution >= 4 is 23.1 Å². The van der Waals surface area contributed by atoms with Gasteiger partial charge in [-0.2, -0.15) is 0 Å². The van der Waals surface area contributed by atoms with Crippen molar-refractivity contribution in [3.8, 4) is 0 Å². The summed E-state index contributed by atoms with van der Waals surface area (Å²) in [7, 11) is 1.84. The van der Waals surface area contributed by atoms with Crippen LogP contribution < -0.4 is 10.2 Å². The molecule has 3 heterocycles. The Morgan fingerprint density at radius 1 is 1.26 bits per heavy atom. The van der Waals surface area contributed by atoms with E-state index in [0.717, 1.165) is 43.3 Å². The van der Waals surface area contributed by atoms with Crippen molar-refractivity contribution in [2.75, 3.05) is 30.4 Å². The minimum Gasteiger partial charge on any atom is -0.383 e. The number of halogens is 1. The summed E-state index contributed by atoms with van der Waals surface area (Å²) < 4.78 is 2.17. The lowest BCUT2D eigenvalue weighted by Gasteiger charge is -2.33. The molecule has 1 aliphatic rings. The summed E-state index contributed by atoms with van der Waals surface area (Å²) in [4.78, 5) is 10.7. The Morgan fingerprint density at radius 2 is 2.00 bits per heavy atom. The van der Waals surface area contributed by atoms with Gasteiger partial charge in [0, 0.05) is 32.1 Å². The Balaban J connectivity index is 1.74. The number of hydrogen-bond acceptors (Lipinski definition) is 6. The van der Waals surface area contributed by atoms with Crippen LogP contribution in [0.4, 0.5) is 11.5 Å². The number of rotatable bonds is 4. The Morgan fingerprint density at radius 3 is 2.65 bits per heavy atom. The van der Waals surface area contributed by atoms with Crippen molar-refractivity contribution in [2.24, 2.45) is 0 Å². The van der Waals surface area contributed by atoms with E-state index < -0.39 is 0 Å². The van der Waals surface area contributed by atoms with Crippen molar-refractivity contribution in [1.82, 2.24) is 24.7 Å². The van der Waals surface area contributed by atoms with Gasteiger partial charge in [0.05, 0.1) is 0 Å². The lowest BCUT2D eigenvalue weighted by Crippen LogP contribution is -2.35. The molecule has 1 saturated heterocycles. The third kappa shape index (κ3) is 3.10. The molecule has 3 rings (SSSR count). The second kappa shape index (κ2) is 6.70. The van der Waals surface area contributed by atoms with E-state index in [0.29, 0.717) is 17.1 Å². The van der Waals surface area contributed by atoms with E-state index in [4.69, 9.17) is 11.6 Å². The van der Waals surface area contributed by atoms with Crippen LogP contribution >= 0.6 is 11.6 Å². The van der Waals surface area contributed by atoms with E-state index >= 15 is 0 Å². The van der Waals surface area contributed by atoms with Gasteiger partial charge in [-0.1, -0.05) is 11.6 Å². The molecule has 0 amide bonds. The number of aromatic nitrogens is 5. The molecule has 8 heteroatoms. The predicted molar refractivity (Wildman–Crippen MR) is 91.2 cm³/mol. The fourth-order valence-corrected chi connectivity index (χ4v) is 3.32. The molecule has 2 aromatic rings. The zero-order valence-electron chi connectivity index (χ0n) is 13.7. The molecule has 0 aromatic carbocycles. The molecule has 2 aromatic heterocycles. The maximum Gasteiger partial charge on any atom is 0.157 e. The fraction of sp³-hybridized carbons (Fsp3) is 0.600. The van der Waals surface area contributed by atoms with E-state index in [-0.39, 0.29) is 0 Å². The number of hydrogen-bond donors (Lipinski definition) is 1. The predicted octanol–water partition coefficient (Wildman–Crippen LogP) is 2.73. The summed E-state index contributed by atoms with van der Waals surface area (Å²) in [6, 6.07) is 0.384. The van der Waals surface area contributed by atoms with Crippen LogP contribution in [0.1, 0.15) is 44.5 Å². The number of nitrogens with zero attached hydrogens (tertiary/aromatic N) is 6. The molecule has 0 saturated carbocycles. The highest BCUT2D eigenvalue weighted by atomic mass is 35.5. The average Bonchev–Trinajstić information content (AvgIpc) is 3.04. The molecule has 1 N–H and O–H groups in total.